The van der Waals surface area contributed by atoms with Crippen LogP contribution in [0.2, 0.25) is 0 Å². The zero-order valence-electron chi connectivity index (χ0n) is 15.5. The van der Waals surface area contributed by atoms with E-state index in [2.05, 4.69) is 29.6 Å². The molecule has 0 spiro atoms. The normalized spacial score (nSPS) is 13.5. The quantitative estimate of drug-likeness (QED) is 0.683. The van der Waals surface area contributed by atoms with Crippen LogP contribution in [0.5, 0.6) is 0 Å². The lowest BCUT2D eigenvalue weighted by Gasteiger charge is -2.18. The maximum absolute atomic E-state index is 12.3. The second-order valence-corrected chi connectivity index (χ2v) is 7.04. The van der Waals surface area contributed by atoms with Crippen LogP contribution in [0.25, 0.3) is 11.1 Å². The fourth-order valence-corrected chi connectivity index (χ4v) is 3.87. The van der Waals surface area contributed by atoms with Crippen molar-refractivity contribution in [3.63, 3.8) is 0 Å². The summed E-state index contributed by atoms with van der Waals surface area (Å²) >= 11 is 0. The summed E-state index contributed by atoms with van der Waals surface area (Å²) in [5, 5.41) is 12.4. The minimum Gasteiger partial charge on any atom is -0.449 e. The average Bonchev–Trinajstić information content (AvgIpc) is 3.06. The lowest BCUT2D eigenvalue weighted by Crippen LogP contribution is -2.39. The third-order valence-electron chi connectivity index (χ3n) is 5.21. The van der Waals surface area contributed by atoms with E-state index in [0.29, 0.717) is 6.42 Å². The summed E-state index contributed by atoms with van der Waals surface area (Å²) in [6.45, 7) is 0.127. The lowest BCUT2D eigenvalue weighted by molar-refractivity contribution is 0.132. The van der Waals surface area contributed by atoms with Crippen LogP contribution in [0.1, 0.15) is 22.6 Å². The highest BCUT2D eigenvalue weighted by atomic mass is 16.5. The number of aliphatic hydroxyl groups excluding tert-OH is 1. The summed E-state index contributed by atoms with van der Waals surface area (Å²) in [5.41, 5.74) is 5.81. The van der Waals surface area contributed by atoms with Gasteiger partial charge in [-0.25, -0.2) is 4.79 Å². The van der Waals surface area contributed by atoms with E-state index in [1.165, 1.54) is 22.3 Å². The van der Waals surface area contributed by atoms with Crippen molar-refractivity contribution in [1.82, 2.24) is 5.32 Å². The number of alkyl carbamates (subject to hydrolysis) is 1. The van der Waals surface area contributed by atoms with Crippen LogP contribution >= 0.6 is 0 Å². The second-order valence-electron chi connectivity index (χ2n) is 7.04. The van der Waals surface area contributed by atoms with Crippen molar-refractivity contribution in [2.24, 2.45) is 0 Å². The molecule has 4 nitrogen and oxygen atoms in total. The van der Waals surface area contributed by atoms with Crippen LogP contribution in [-0.4, -0.2) is 30.5 Å². The Kier molecular flexibility index (Phi) is 5.40. The molecule has 0 aliphatic heterocycles. The molecule has 4 rings (SSSR count). The van der Waals surface area contributed by atoms with E-state index in [1.54, 1.807) is 0 Å². The van der Waals surface area contributed by atoms with Crippen LogP contribution < -0.4 is 5.32 Å². The molecule has 3 aromatic carbocycles. The number of fused-ring (bicyclic) bond motifs is 3. The first kappa shape index (κ1) is 18.3. The van der Waals surface area contributed by atoms with Crippen molar-refractivity contribution in [2.45, 2.75) is 18.4 Å². The van der Waals surface area contributed by atoms with Gasteiger partial charge in [-0.1, -0.05) is 78.9 Å². The maximum atomic E-state index is 12.3. The number of amides is 1. The minimum absolute atomic E-state index is 0.0276. The van der Waals surface area contributed by atoms with Crippen molar-refractivity contribution >= 4 is 6.09 Å². The van der Waals surface area contributed by atoms with Gasteiger partial charge in [-0.15, -0.1) is 0 Å². The Morgan fingerprint density at radius 3 is 2.07 bits per heavy atom. The molecule has 1 aliphatic carbocycles. The fraction of sp³-hybridized carbons (Fsp3) is 0.208. The van der Waals surface area contributed by atoms with Gasteiger partial charge in [0.2, 0.25) is 0 Å². The molecule has 142 valence electrons. The molecule has 0 saturated heterocycles. The van der Waals surface area contributed by atoms with Gasteiger partial charge in [0.15, 0.2) is 0 Å². The number of benzene rings is 3. The third-order valence-corrected chi connectivity index (χ3v) is 5.21. The van der Waals surface area contributed by atoms with Gasteiger partial charge in [-0.2, -0.15) is 0 Å². The fourth-order valence-electron chi connectivity index (χ4n) is 3.87. The van der Waals surface area contributed by atoms with Gasteiger partial charge in [0, 0.05) is 5.92 Å². The topological polar surface area (TPSA) is 58.6 Å². The summed E-state index contributed by atoms with van der Waals surface area (Å²) in [5.74, 6) is 0.0276. The van der Waals surface area contributed by atoms with Crippen molar-refractivity contribution in [3.05, 3.63) is 95.6 Å². The molecule has 0 unspecified atom stereocenters. The van der Waals surface area contributed by atoms with Crippen LogP contribution in [0.15, 0.2) is 78.9 Å². The second kappa shape index (κ2) is 8.28. The Morgan fingerprint density at radius 1 is 0.893 bits per heavy atom. The summed E-state index contributed by atoms with van der Waals surface area (Å²) in [6.07, 6.45) is 0.0542. The Bertz CT molecular complexity index is 909. The predicted molar refractivity (Wildman–Crippen MR) is 109 cm³/mol. The Balaban J connectivity index is 1.41. The molecule has 0 saturated carbocycles. The molecule has 1 atom stereocenters. The van der Waals surface area contributed by atoms with E-state index >= 15 is 0 Å². The van der Waals surface area contributed by atoms with Gasteiger partial charge in [0.1, 0.15) is 6.61 Å². The monoisotopic (exact) mass is 373 g/mol. The number of rotatable bonds is 6. The van der Waals surface area contributed by atoms with E-state index in [1.807, 2.05) is 54.6 Å². The Hall–Kier alpha value is -3.11. The Labute approximate surface area is 164 Å². The van der Waals surface area contributed by atoms with Crippen LogP contribution in [0, 0.1) is 0 Å². The molecule has 3 aromatic rings. The highest BCUT2D eigenvalue weighted by molar-refractivity contribution is 5.79. The third kappa shape index (κ3) is 3.78. The van der Waals surface area contributed by atoms with Gasteiger partial charge in [-0.05, 0) is 34.2 Å². The van der Waals surface area contributed by atoms with E-state index < -0.39 is 6.09 Å². The molecule has 0 bridgehead atoms. The standard InChI is InChI=1S/C24H23NO3/c26-15-18(14-17-8-2-1-3-9-17)25-24(27)28-16-23-21-12-6-4-10-19(21)20-11-5-7-13-22(20)23/h1-13,18,23,26H,14-16H2,(H,25,27)/t18-/m1/s1. The van der Waals surface area contributed by atoms with Crippen molar-refractivity contribution < 1.29 is 14.6 Å². The van der Waals surface area contributed by atoms with Crippen LogP contribution in [0.3, 0.4) is 0 Å². The molecule has 0 heterocycles. The molecular formula is C24H23NO3. The SMILES string of the molecule is O=C(N[C@@H](CO)Cc1ccccc1)OCC1c2ccccc2-c2ccccc21. The smallest absolute Gasteiger partial charge is 0.407 e. The zero-order chi connectivity index (χ0) is 19.3. The molecule has 1 amide bonds. The van der Waals surface area contributed by atoms with Crippen molar-refractivity contribution in [2.75, 3.05) is 13.2 Å². The number of carbonyl (C=O) groups excluding carboxylic acids is 1. The maximum Gasteiger partial charge on any atom is 0.407 e. The number of ether oxygens (including phenoxy) is 1. The summed E-state index contributed by atoms with van der Waals surface area (Å²) in [6, 6.07) is 25.9. The van der Waals surface area contributed by atoms with Gasteiger partial charge < -0.3 is 15.2 Å². The van der Waals surface area contributed by atoms with Crippen molar-refractivity contribution in [3.8, 4) is 11.1 Å². The van der Waals surface area contributed by atoms with E-state index in [9.17, 15) is 9.90 Å². The lowest BCUT2D eigenvalue weighted by atomic mass is 9.98. The van der Waals surface area contributed by atoms with E-state index in [-0.39, 0.29) is 25.2 Å². The first-order valence-electron chi connectivity index (χ1n) is 9.52. The van der Waals surface area contributed by atoms with Gasteiger partial charge in [-0.3, -0.25) is 0 Å². The molecule has 28 heavy (non-hydrogen) atoms. The number of hydrogen-bond donors (Lipinski definition) is 2. The van der Waals surface area contributed by atoms with Crippen molar-refractivity contribution in [1.29, 1.82) is 0 Å². The first-order valence-corrected chi connectivity index (χ1v) is 9.52. The van der Waals surface area contributed by atoms with Crippen LogP contribution in [0.4, 0.5) is 4.79 Å². The predicted octanol–water partition coefficient (Wildman–Crippen LogP) is 4.13. The molecule has 2 N–H and O–H groups in total. The number of carbonyl (C=O) groups is 1. The summed E-state index contributed by atoms with van der Waals surface area (Å²) < 4.78 is 5.55. The van der Waals surface area contributed by atoms with Gasteiger partial charge in [0.05, 0.1) is 12.6 Å². The summed E-state index contributed by atoms with van der Waals surface area (Å²) in [7, 11) is 0. The molecule has 1 aliphatic rings. The molecule has 0 radical (unpaired) electrons. The zero-order valence-corrected chi connectivity index (χ0v) is 15.5. The highest BCUT2D eigenvalue weighted by Gasteiger charge is 2.29. The molecule has 4 heteroatoms. The molecule has 0 fully saturated rings. The van der Waals surface area contributed by atoms with Gasteiger partial charge in [0.25, 0.3) is 0 Å². The minimum atomic E-state index is -0.503. The van der Waals surface area contributed by atoms with Gasteiger partial charge >= 0.3 is 6.09 Å². The molecule has 0 aromatic heterocycles. The number of nitrogens with one attached hydrogen (secondary N) is 1. The Morgan fingerprint density at radius 2 is 1.46 bits per heavy atom. The largest absolute Gasteiger partial charge is 0.449 e. The van der Waals surface area contributed by atoms with Crippen LogP contribution in [-0.2, 0) is 11.2 Å². The average molecular weight is 373 g/mol. The summed E-state index contributed by atoms with van der Waals surface area (Å²) in [4.78, 5) is 12.3. The van der Waals surface area contributed by atoms with E-state index in [0.717, 1.165) is 5.56 Å². The number of aliphatic hydroxyl groups is 1. The van der Waals surface area contributed by atoms with E-state index in [4.69, 9.17) is 4.74 Å². The highest BCUT2D eigenvalue weighted by Crippen LogP contribution is 2.44. The number of hydrogen-bond acceptors (Lipinski definition) is 3. The first-order chi connectivity index (χ1) is 13.8. The molecular weight excluding hydrogens is 350 g/mol.